The maximum Gasteiger partial charge on any atom is 0.523 e. The number of hydrogen-bond donors (Lipinski definition) is 0. The second-order valence-corrected chi connectivity index (χ2v) is 8.32. The number of hydrogen-bond acceptors (Lipinski definition) is 6. The van der Waals surface area contributed by atoms with Crippen molar-refractivity contribution in [2.45, 2.75) is 57.2 Å². The molecular weight excluding hydrogens is 389 g/mol. The summed E-state index contributed by atoms with van der Waals surface area (Å²) in [7, 11) is -4.95. The lowest BCUT2D eigenvalue weighted by atomic mass is 10.1. The van der Waals surface area contributed by atoms with Crippen LogP contribution in [0.1, 0.15) is 39.2 Å². The van der Waals surface area contributed by atoms with Crippen LogP contribution >= 0.6 is 0 Å². The van der Waals surface area contributed by atoms with E-state index in [0.29, 0.717) is 12.2 Å². The van der Waals surface area contributed by atoms with Crippen LogP contribution in [-0.4, -0.2) is 38.7 Å². The second-order valence-electron chi connectivity index (χ2n) is 6.76. The third-order valence-electron chi connectivity index (χ3n) is 3.27. The standard InChI is InChI=1S/C17H23F3O6S/c1-16(2,3)25-13-10-8-12(9-11-13)6-5-7-14(15(21)24-4)26-27(22,23)17(18,19)20/h8-11,14H,5-7H2,1-4H3. The van der Waals surface area contributed by atoms with Crippen molar-refractivity contribution in [2.24, 2.45) is 0 Å². The van der Waals surface area contributed by atoms with E-state index >= 15 is 0 Å². The van der Waals surface area contributed by atoms with Crippen LogP contribution < -0.4 is 4.74 Å². The summed E-state index contributed by atoms with van der Waals surface area (Å²) in [5, 5.41) is 0. The van der Waals surface area contributed by atoms with Gasteiger partial charge in [0.25, 0.3) is 0 Å². The lowest BCUT2D eigenvalue weighted by Crippen LogP contribution is -2.34. The Balaban J connectivity index is 2.68. The second kappa shape index (κ2) is 8.92. The zero-order valence-corrected chi connectivity index (χ0v) is 16.3. The summed E-state index contributed by atoms with van der Waals surface area (Å²) in [4.78, 5) is 11.5. The van der Waals surface area contributed by atoms with Gasteiger partial charge in [0, 0.05) is 0 Å². The van der Waals surface area contributed by atoms with Gasteiger partial charge in [-0.25, -0.2) is 8.98 Å². The van der Waals surface area contributed by atoms with Gasteiger partial charge < -0.3 is 9.47 Å². The van der Waals surface area contributed by atoms with E-state index in [1.165, 1.54) is 0 Å². The molecule has 1 unspecified atom stereocenters. The Hall–Kier alpha value is -1.81. The molecule has 0 radical (unpaired) electrons. The van der Waals surface area contributed by atoms with Crippen molar-refractivity contribution in [3.05, 3.63) is 29.8 Å². The third kappa shape index (κ3) is 7.76. The third-order valence-corrected chi connectivity index (χ3v) is 4.32. The van der Waals surface area contributed by atoms with E-state index in [0.717, 1.165) is 12.7 Å². The van der Waals surface area contributed by atoms with Gasteiger partial charge >= 0.3 is 21.6 Å². The molecule has 10 heteroatoms. The normalized spacial score (nSPS) is 13.9. The molecule has 1 atom stereocenters. The molecule has 0 saturated carbocycles. The van der Waals surface area contributed by atoms with Crippen LogP contribution in [0.3, 0.4) is 0 Å². The lowest BCUT2D eigenvalue weighted by molar-refractivity contribution is -0.149. The largest absolute Gasteiger partial charge is 0.523 e. The fourth-order valence-corrected chi connectivity index (χ4v) is 2.70. The van der Waals surface area contributed by atoms with Crippen molar-refractivity contribution in [3.8, 4) is 5.75 Å². The average Bonchev–Trinajstić information content (AvgIpc) is 2.52. The molecule has 0 bridgehead atoms. The molecule has 1 rings (SSSR count). The van der Waals surface area contributed by atoms with E-state index in [1.54, 1.807) is 24.3 Å². The molecule has 0 N–H and O–H groups in total. The van der Waals surface area contributed by atoms with Gasteiger partial charge in [0.15, 0.2) is 6.10 Å². The van der Waals surface area contributed by atoms with Crippen molar-refractivity contribution in [1.29, 1.82) is 0 Å². The Morgan fingerprint density at radius 2 is 1.67 bits per heavy atom. The fourth-order valence-electron chi connectivity index (χ4n) is 2.11. The van der Waals surface area contributed by atoms with E-state index in [9.17, 15) is 26.4 Å². The van der Waals surface area contributed by atoms with Crippen molar-refractivity contribution in [2.75, 3.05) is 7.11 Å². The van der Waals surface area contributed by atoms with E-state index in [4.69, 9.17) is 4.74 Å². The van der Waals surface area contributed by atoms with Crippen LogP contribution in [0.2, 0.25) is 0 Å². The summed E-state index contributed by atoms with van der Waals surface area (Å²) >= 11 is 0. The molecule has 0 aliphatic carbocycles. The first kappa shape index (κ1) is 23.2. The van der Waals surface area contributed by atoms with E-state index in [2.05, 4.69) is 8.92 Å². The highest BCUT2D eigenvalue weighted by Gasteiger charge is 2.49. The molecule has 1 aromatic rings. The van der Waals surface area contributed by atoms with Gasteiger partial charge in [-0.1, -0.05) is 12.1 Å². The summed E-state index contributed by atoms with van der Waals surface area (Å²) in [6.07, 6.45) is -1.49. The van der Waals surface area contributed by atoms with Crippen LogP contribution in [0, 0.1) is 0 Å². The van der Waals surface area contributed by atoms with Gasteiger partial charge in [-0.2, -0.15) is 21.6 Å². The van der Waals surface area contributed by atoms with Crippen molar-refractivity contribution in [3.63, 3.8) is 0 Å². The van der Waals surface area contributed by atoms with Gasteiger partial charge in [0.1, 0.15) is 11.4 Å². The fraction of sp³-hybridized carbons (Fsp3) is 0.588. The summed E-state index contributed by atoms with van der Waals surface area (Å²) < 4.78 is 73.5. The minimum Gasteiger partial charge on any atom is -0.488 e. The number of benzene rings is 1. The SMILES string of the molecule is COC(=O)C(CCCc1ccc(OC(C)(C)C)cc1)OS(=O)(=O)C(F)(F)F. The highest BCUT2D eigenvalue weighted by molar-refractivity contribution is 7.87. The smallest absolute Gasteiger partial charge is 0.488 e. The Morgan fingerprint density at radius 1 is 1.11 bits per heavy atom. The van der Waals surface area contributed by atoms with Gasteiger partial charge in [-0.3, -0.25) is 0 Å². The first-order valence-electron chi connectivity index (χ1n) is 8.10. The number of esters is 1. The van der Waals surface area contributed by atoms with Gasteiger partial charge in [-0.05, 0) is 57.7 Å². The Kier molecular flexibility index (Phi) is 7.67. The Labute approximate surface area is 156 Å². The quantitative estimate of drug-likeness (QED) is 0.369. The molecule has 1 aromatic carbocycles. The van der Waals surface area contributed by atoms with Crippen LogP contribution in [0.15, 0.2) is 24.3 Å². The van der Waals surface area contributed by atoms with Crippen LogP contribution in [0.25, 0.3) is 0 Å². The molecule has 27 heavy (non-hydrogen) atoms. The van der Waals surface area contributed by atoms with Gasteiger partial charge in [0.05, 0.1) is 7.11 Å². The number of rotatable bonds is 8. The van der Waals surface area contributed by atoms with E-state index in [1.807, 2.05) is 20.8 Å². The molecule has 154 valence electrons. The zero-order valence-electron chi connectivity index (χ0n) is 15.5. The predicted molar refractivity (Wildman–Crippen MR) is 91.6 cm³/mol. The molecule has 0 spiro atoms. The van der Waals surface area contributed by atoms with Gasteiger partial charge in [-0.15, -0.1) is 0 Å². The topological polar surface area (TPSA) is 78.9 Å². The van der Waals surface area contributed by atoms with Crippen molar-refractivity contribution < 1.29 is 40.0 Å². The average molecular weight is 412 g/mol. The highest BCUT2D eigenvalue weighted by Crippen LogP contribution is 2.27. The summed E-state index contributed by atoms with van der Waals surface area (Å²) in [5.41, 5.74) is -5.11. The number of carbonyl (C=O) groups is 1. The maximum atomic E-state index is 12.4. The number of methoxy groups -OCH3 is 1. The summed E-state index contributed by atoms with van der Waals surface area (Å²) in [6, 6.07) is 7.06. The molecule has 0 heterocycles. The highest BCUT2D eigenvalue weighted by atomic mass is 32.2. The van der Waals surface area contributed by atoms with Gasteiger partial charge in [0.2, 0.25) is 0 Å². The monoisotopic (exact) mass is 412 g/mol. The van der Waals surface area contributed by atoms with Crippen LogP contribution in [0.5, 0.6) is 5.75 Å². The number of aryl methyl sites for hydroxylation is 1. The van der Waals surface area contributed by atoms with E-state index < -0.39 is 27.7 Å². The van der Waals surface area contributed by atoms with E-state index in [-0.39, 0.29) is 18.4 Å². The molecule has 0 aromatic heterocycles. The van der Waals surface area contributed by atoms with Crippen LogP contribution in [0.4, 0.5) is 13.2 Å². The van der Waals surface area contributed by atoms with Crippen LogP contribution in [-0.2, 0) is 30.3 Å². The lowest BCUT2D eigenvalue weighted by Gasteiger charge is -2.21. The minimum atomic E-state index is -5.89. The molecule has 0 fully saturated rings. The predicted octanol–water partition coefficient (Wildman–Crippen LogP) is 3.59. The summed E-state index contributed by atoms with van der Waals surface area (Å²) in [5.74, 6) is -0.518. The molecule has 0 amide bonds. The van der Waals surface area contributed by atoms with Crippen molar-refractivity contribution >= 4 is 16.1 Å². The molecule has 0 aliphatic heterocycles. The first-order valence-corrected chi connectivity index (χ1v) is 9.51. The number of carbonyl (C=O) groups excluding carboxylic acids is 1. The Morgan fingerprint density at radius 3 is 2.11 bits per heavy atom. The molecule has 0 saturated heterocycles. The number of alkyl halides is 3. The van der Waals surface area contributed by atoms with Crippen molar-refractivity contribution in [1.82, 2.24) is 0 Å². The molecule has 6 nitrogen and oxygen atoms in total. The summed E-state index contributed by atoms with van der Waals surface area (Å²) in [6.45, 7) is 5.72. The molecule has 0 aliphatic rings. The zero-order chi connectivity index (χ0) is 20.9. The number of halogens is 3. The Bertz CT molecular complexity index is 721. The number of ether oxygens (including phenoxy) is 2. The minimum absolute atomic E-state index is 0.215. The first-order chi connectivity index (χ1) is 12.2. The maximum absolute atomic E-state index is 12.4. The molecular formula is C17H23F3O6S.